The topological polar surface area (TPSA) is 88.7 Å². The van der Waals surface area contributed by atoms with Crippen molar-refractivity contribution in [1.29, 1.82) is 0 Å². The third-order valence-corrected chi connectivity index (χ3v) is 5.25. The number of nitrogens with one attached hydrogen (secondary N) is 3. The van der Waals surface area contributed by atoms with Gasteiger partial charge in [-0.25, -0.2) is 4.39 Å². The van der Waals surface area contributed by atoms with Crippen LogP contribution in [0.3, 0.4) is 0 Å². The number of benzene rings is 2. The summed E-state index contributed by atoms with van der Waals surface area (Å²) in [7, 11) is 0. The average molecular weight is 466 g/mol. The molecule has 0 saturated carbocycles. The third-order valence-electron chi connectivity index (χ3n) is 4.71. The van der Waals surface area contributed by atoms with E-state index in [-0.39, 0.29) is 35.2 Å². The van der Waals surface area contributed by atoms with Crippen LogP contribution in [-0.2, 0) is 9.59 Å². The summed E-state index contributed by atoms with van der Waals surface area (Å²) in [5.74, 6) is -0.498. The monoisotopic (exact) mass is 465 g/mol. The molecule has 1 unspecified atom stereocenters. The number of anilines is 1. The summed E-state index contributed by atoms with van der Waals surface area (Å²) in [5, 5.41) is 9.23. The molecule has 0 fully saturated rings. The maximum Gasteiger partial charge on any atom is 0.263 e. The van der Waals surface area contributed by atoms with Gasteiger partial charge in [0.2, 0.25) is 0 Å². The van der Waals surface area contributed by atoms with Crippen LogP contribution in [0.2, 0.25) is 10.0 Å². The zero-order valence-corrected chi connectivity index (χ0v) is 17.6. The van der Waals surface area contributed by atoms with Crippen molar-refractivity contribution < 1.29 is 23.5 Å². The molecule has 0 saturated heterocycles. The molecular formula is C21H18Cl2FN3O4. The fourth-order valence-electron chi connectivity index (χ4n) is 3.12. The van der Waals surface area contributed by atoms with Gasteiger partial charge in [-0.3, -0.25) is 9.59 Å². The molecule has 7 nitrogen and oxygen atoms in total. The highest BCUT2D eigenvalue weighted by atomic mass is 35.5. The second-order valence-electron chi connectivity index (χ2n) is 7.05. The second kappa shape index (κ2) is 9.03. The first-order valence-electron chi connectivity index (χ1n) is 9.46. The van der Waals surface area contributed by atoms with Gasteiger partial charge in [0, 0.05) is 23.2 Å². The van der Waals surface area contributed by atoms with Crippen LogP contribution in [0.15, 0.2) is 48.2 Å². The summed E-state index contributed by atoms with van der Waals surface area (Å²) in [6.07, 6.45) is 1.54. The summed E-state index contributed by atoms with van der Waals surface area (Å²) in [6.45, 7) is 0.0439. The van der Waals surface area contributed by atoms with Crippen LogP contribution in [0.1, 0.15) is 6.42 Å². The van der Waals surface area contributed by atoms with E-state index in [4.69, 9.17) is 32.7 Å². The maximum absolute atomic E-state index is 13.4. The Balaban J connectivity index is 1.21. The van der Waals surface area contributed by atoms with Crippen molar-refractivity contribution in [2.75, 3.05) is 18.5 Å². The van der Waals surface area contributed by atoms with Crippen molar-refractivity contribution in [3.63, 3.8) is 0 Å². The smallest absolute Gasteiger partial charge is 0.263 e. The first-order valence-corrected chi connectivity index (χ1v) is 10.2. The minimum Gasteiger partial charge on any atom is -0.484 e. The minimum atomic E-state index is -0.672. The fraction of sp³-hybridized carbons (Fsp3) is 0.238. The van der Waals surface area contributed by atoms with Crippen molar-refractivity contribution in [2.45, 2.75) is 18.6 Å². The molecule has 2 atom stereocenters. The molecule has 3 N–H and O–H groups in total. The van der Waals surface area contributed by atoms with E-state index in [1.807, 2.05) is 0 Å². The van der Waals surface area contributed by atoms with Crippen LogP contribution >= 0.6 is 23.2 Å². The Morgan fingerprint density at radius 3 is 2.81 bits per heavy atom. The van der Waals surface area contributed by atoms with Crippen LogP contribution < -0.4 is 25.4 Å². The van der Waals surface area contributed by atoms with Gasteiger partial charge in [-0.15, -0.1) is 0 Å². The molecule has 2 aliphatic rings. The molecule has 2 amide bonds. The second-order valence-corrected chi connectivity index (χ2v) is 7.90. The molecule has 4 rings (SSSR count). The predicted octanol–water partition coefficient (Wildman–Crippen LogP) is 3.27. The predicted molar refractivity (Wildman–Crippen MR) is 114 cm³/mol. The highest BCUT2D eigenvalue weighted by Gasteiger charge is 2.30. The zero-order chi connectivity index (χ0) is 22.0. The Kier molecular flexibility index (Phi) is 6.20. The number of amides is 2. The fourth-order valence-corrected chi connectivity index (χ4v) is 3.41. The van der Waals surface area contributed by atoms with E-state index in [1.165, 1.54) is 12.1 Å². The maximum atomic E-state index is 13.4. The van der Waals surface area contributed by atoms with Crippen LogP contribution in [-0.4, -0.2) is 37.1 Å². The lowest BCUT2D eigenvalue weighted by Gasteiger charge is -2.31. The van der Waals surface area contributed by atoms with E-state index >= 15 is 0 Å². The number of hydrogen-bond donors (Lipinski definition) is 3. The number of carbonyl (C=O) groups is 2. The molecule has 1 aliphatic heterocycles. The number of ether oxygens (including phenoxy) is 2. The van der Waals surface area contributed by atoms with Crippen LogP contribution in [0.4, 0.5) is 10.1 Å². The van der Waals surface area contributed by atoms with Crippen molar-refractivity contribution >= 4 is 40.7 Å². The van der Waals surface area contributed by atoms with Crippen molar-refractivity contribution in [2.24, 2.45) is 0 Å². The van der Waals surface area contributed by atoms with Crippen molar-refractivity contribution in [3.05, 3.63) is 64.0 Å². The molecule has 1 heterocycles. The zero-order valence-electron chi connectivity index (χ0n) is 16.1. The lowest BCUT2D eigenvalue weighted by Crippen LogP contribution is -2.50. The Labute approximate surface area is 187 Å². The van der Waals surface area contributed by atoms with Crippen molar-refractivity contribution in [3.8, 4) is 11.5 Å². The van der Waals surface area contributed by atoms with E-state index in [0.717, 1.165) is 11.8 Å². The molecule has 0 spiro atoms. The average Bonchev–Trinajstić information content (AvgIpc) is 2.72. The summed E-state index contributed by atoms with van der Waals surface area (Å²) in [6, 6.07) is 8.87. The highest BCUT2D eigenvalue weighted by Crippen LogP contribution is 2.31. The quantitative estimate of drug-likeness (QED) is 0.609. The first-order chi connectivity index (χ1) is 14.9. The number of hydrogen-bond acceptors (Lipinski definition) is 5. The van der Waals surface area contributed by atoms with E-state index in [0.29, 0.717) is 29.4 Å². The SMILES string of the molecule is O=C(COc1ccc(Cl)c(F)c1)NC1=CC(NC(=O)[C@@H]2CNc3cc(Cl)ccc3O2)C1. The van der Waals surface area contributed by atoms with Gasteiger partial charge in [0.25, 0.3) is 11.8 Å². The molecule has 2 aromatic rings. The van der Waals surface area contributed by atoms with E-state index in [1.54, 1.807) is 24.3 Å². The van der Waals surface area contributed by atoms with E-state index in [9.17, 15) is 14.0 Å². The first kappa shape index (κ1) is 21.3. The standard InChI is InChI=1S/C21H18Cl2FN3O4/c22-11-1-4-18-17(5-11)25-9-19(31-18)21(29)27-13-6-12(7-13)26-20(28)10-30-14-2-3-15(23)16(24)8-14/h1-6,8,13,19,25H,7,9-10H2,(H,26,28)(H,27,29)/t13?,19-/m0/s1. The molecule has 1 aliphatic carbocycles. The molecular weight excluding hydrogens is 448 g/mol. The number of rotatable bonds is 6. The van der Waals surface area contributed by atoms with Crippen molar-refractivity contribution in [1.82, 2.24) is 10.6 Å². The Hall–Kier alpha value is -2.97. The summed E-state index contributed by atoms with van der Waals surface area (Å²) in [5.41, 5.74) is 1.41. The van der Waals surface area contributed by atoms with E-state index in [2.05, 4.69) is 16.0 Å². The summed E-state index contributed by atoms with van der Waals surface area (Å²) >= 11 is 11.5. The number of fused-ring (bicyclic) bond motifs is 1. The molecule has 0 radical (unpaired) electrons. The lowest BCUT2D eigenvalue weighted by molar-refractivity contribution is -0.128. The largest absolute Gasteiger partial charge is 0.484 e. The van der Waals surface area contributed by atoms with Gasteiger partial charge >= 0.3 is 0 Å². The van der Waals surface area contributed by atoms with Gasteiger partial charge in [-0.1, -0.05) is 23.2 Å². The lowest BCUT2D eigenvalue weighted by atomic mass is 9.99. The molecule has 31 heavy (non-hydrogen) atoms. The number of halogens is 3. The summed E-state index contributed by atoms with van der Waals surface area (Å²) < 4.78 is 24.3. The highest BCUT2D eigenvalue weighted by molar-refractivity contribution is 6.31. The van der Waals surface area contributed by atoms with E-state index < -0.39 is 11.9 Å². The Morgan fingerprint density at radius 1 is 1.23 bits per heavy atom. The van der Waals surface area contributed by atoms with Gasteiger partial charge in [0.15, 0.2) is 12.7 Å². The molecule has 0 bridgehead atoms. The molecule has 0 aromatic heterocycles. The van der Waals surface area contributed by atoms with Gasteiger partial charge < -0.3 is 25.4 Å². The third kappa shape index (κ3) is 5.21. The molecule has 10 heteroatoms. The Bertz CT molecular complexity index is 1060. The molecule has 162 valence electrons. The normalized spacial score (nSPS) is 19.0. The van der Waals surface area contributed by atoms with Gasteiger partial charge in [0.1, 0.15) is 17.3 Å². The van der Waals surface area contributed by atoms with Crippen LogP contribution in [0.5, 0.6) is 11.5 Å². The number of carbonyl (C=O) groups excluding carboxylic acids is 2. The van der Waals surface area contributed by atoms with Gasteiger partial charge in [0.05, 0.1) is 23.3 Å². The molecule has 2 aromatic carbocycles. The van der Waals surface area contributed by atoms with Gasteiger partial charge in [-0.2, -0.15) is 0 Å². The summed E-state index contributed by atoms with van der Waals surface area (Å²) in [4.78, 5) is 24.4. The van der Waals surface area contributed by atoms with Crippen LogP contribution in [0.25, 0.3) is 0 Å². The van der Waals surface area contributed by atoms with Crippen LogP contribution in [0, 0.1) is 5.82 Å². The minimum absolute atomic E-state index is 0.0208. The Morgan fingerprint density at radius 2 is 2.03 bits per heavy atom. The van der Waals surface area contributed by atoms with Gasteiger partial charge in [-0.05, 0) is 36.4 Å².